The number of pyridine rings is 1. The van der Waals surface area contributed by atoms with E-state index < -0.39 is 6.10 Å². The topological polar surface area (TPSA) is 110 Å². The van der Waals surface area contributed by atoms with Gasteiger partial charge in [-0.3, -0.25) is 4.79 Å². The molecule has 5 aromatic rings. The highest BCUT2D eigenvalue weighted by molar-refractivity contribution is 5.96. The first-order chi connectivity index (χ1) is 20.1. The molecule has 0 bridgehead atoms. The summed E-state index contributed by atoms with van der Waals surface area (Å²) in [5.74, 6) is -0.329. The molecule has 10 heteroatoms. The fraction of sp³-hybridized carbons (Fsp3) is 0.323. The Bertz CT molecular complexity index is 1710. The second kappa shape index (κ2) is 10.5. The van der Waals surface area contributed by atoms with E-state index >= 15 is 0 Å². The number of rotatable bonds is 7. The Morgan fingerprint density at radius 1 is 1.15 bits per heavy atom. The average Bonchev–Trinajstić information content (AvgIpc) is 3.62. The number of benzene rings is 1. The van der Waals surface area contributed by atoms with Gasteiger partial charge in [-0.2, -0.15) is 5.10 Å². The van der Waals surface area contributed by atoms with Crippen LogP contribution in [-0.2, 0) is 11.3 Å². The number of ether oxygens (including phenoxy) is 1. The molecule has 1 amide bonds. The Labute approximate surface area is 237 Å². The summed E-state index contributed by atoms with van der Waals surface area (Å²) in [7, 11) is 2.02. The number of nitrogens with zero attached hydrogens (tertiary/aromatic N) is 6. The molecule has 0 unspecified atom stereocenters. The maximum Gasteiger partial charge on any atom is 0.275 e. The fourth-order valence-electron chi connectivity index (χ4n) is 5.76. The van der Waals surface area contributed by atoms with E-state index in [1.54, 1.807) is 10.7 Å². The zero-order valence-corrected chi connectivity index (χ0v) is 22.8. The molecule has 1 aromatic carbocycles. The number of fused-ring (bicyclic) bond motifs is 2. The van der Waals surface area contributed by atoms with Gasteiger partial charge >= 0.3 is 0 Å². The van der Waals surface area contributed by atoms with Crippen molar-refractivity contribution in [1.82, 2.24) is 29.5 Å². The molecule has 0 radical (unpaired) electrons. The Morgan fingerprint density at radius 3 is 2.73 bits per heavy atom. The maximum absolute atomic E-state index is 13.3. The molecule has 208 valence electrons. The highest BCUT2D eigenvalue weighted by atomic mass is 16.5. The average molecular weight is 551 g/mol. The molecule has 1 saturated carbocycles. The highest BCUT2D eigenvalue weighted by Gasteiger charge is 2.41. The molecule has 2 fully saturated rings. The van der Waals surface area contributed by atoms with Crippen LogP contribution < -0.4 is 10.2 Å². The lowest BCUT2D eigenvalue weighted by molar-refractivity contribution is 0.0706. The molecule has 1 saturated heterocycles. The van der Waals surface area contributed by atoms with E-state index in [1.165, 1.54) is 0 Å². The van der Waals surface area contributed by atoms with E-state index in [0.717, 1.165) is 59.6 Å². The van der Waals surface area contributed by atoms with Crippen LogP contribution in [0.3, 0.4) is 0 Å². The largest absolute Gasteiger partial charge is 0.382 e. The number of nitrogens with one attached hydrogen (secondary N) is 1. The second-order valence-corrected chi connectivity index (χ2v) is 10.8. The summed E-state index contributed by atoms with van der Waals surface area (Å²) >= 11 is 0. The van der Waals surface area contributed by atoms with Gasteiger partial charge < -0.3 is 24.6 Å². The van der Waals surface area contributed by atoms with Crippen molar-refractivity contribution in [3.05, 3.63) is 84.8 Å². The lowest BCUT2D eigenvalue weighted by Gasteiger charge is -2.24. The number of anilines is 1. The van der Waals surface area contributed by atoms with Crippen LogP contribution in [0.2, 0.25) is 0 Å². The second-order valence-electron chi connectivity index (χ2n) is 10.8. The van der Waals surface area contributed by atoms with Crippen molar-refractivity contribution >= 4 is 28.3 Å². The van der Waals surface area contributed by atoms with Crippen molar-refractivity contribution in [3.8, 4) is 11.3 Å². The number of aliphatic hydroxyl groups excluding tert-OH is 1. The fourth-order valence-corrected chi connectivity index (χ4v) is 5.76. The summed E-state index contributed by atoms with van der Waals surface area (Å²) in [6.45, 7) is 2.11. The van der Waals surface area contributed by atoms with E-state index in [-0.39, 0.29) is 11.9 Å². The normalized spacial score (nSPS) is 19.2. The first-order valence-corrected chi connectivity index (χ1v) is 14.1. The predicted molar refractivity (Wildman–Crippen MR) is 156 cm³/mol. The minimum atomic E-state index is -0.571. The minimum absolute atomic E-state index is 0.290. The third-order valence-electron chi connectivity index (χ3n) is 8.15. The predicted octanol–water partition coefficient (Wildman–Crippen LogP) is 3.80. The molecule has 2 aliphatic rings. The minimum Gasteiger partial charge on any atom is -0.382 e. The Morgan fingerprint density at radius 2 is 1.98 bits per heavy atom. The molecule has 41 heavy (non-hydrogen) atoms. The van der Waals surface area contributed by atoms with Gasteiger partial charge in [0.1, 0.15) is 18.5 Å². The van der Waals surface area contributed by atoms with E-state index in [4.69, 9.17) is 14.8 Å². The van der Waals surface area contributed by atoms with Crippen LogP contribution in [0.4, 0.5) is 5.69 Å². The lowest BCUT2D eigenvalue weighted by atomic mass is 9.89. The summed E-state index contributed by atoms with van der Waals surface area (Å²) < 4.78 is 9.50. The SMILES string of the molecule is CN(Cc1ccccc1)c1cc(-c2cn(C3CCOCC3)c3ncccc23)nn2c(C(=O)N[C@H]3[CH+]C[C@H]3O)cnc12. The van der Waals surface area contributed by atoms with Gasteiger partial charge in [0, 0.05) is 56.2 Å². The van der Waals surface area contributed by atoms with Crippen LogP contribution in [0.25, 0.3) is 27.9 Å². The summed E-state index contributed by atoms with van der Waals surface area (Å²) in [5, 5.41) is 18.9. The number of aromatic nitrogens is 5. The number of carbonyl (C=O) groups is 1. The number of amides is 1. The molecular formula is C31H32N7O3+. The Balaban J connectivity index is 1.36. The molecular weight excluding hydrogens is 518 g/mol. The lowest BCUT2D eigenvalue weighted by Crippen LogP contribution is -2.51. The number of hydrogen-bond donors (Lipinski definition) is 2. The van der Waals surface area contributed by atoms with Crippen molar-refractivity contribution < 1.29 is 14.6 Å². The maximum atomic E-state index is 13.3. The molecule has 7 rings (SSSR count). The summed E-state index contributed by atoms with van der Waals surface area (Å²) in [6.07, 6.45) is 9.25. The van der Waals surface area contributed by atoms with E-state index in [1.807, 2.05) is 50.0 Å². The third-order valence-corrected chi connectivity index (χ3v) is 8.15. The zero-order valence-electron chi connectivity index (χ0n) is 22.8. The molecule has 1 aliphatic heterocycles. The van der Waals surface area contributed by atoms with Gasteiger partial charge in [0.25, 0.3) is 5.91 Å². The van der Waals surface area contributed by atoms with Gasteiger partial charge in [0.15, 0.2) is 17.4 Å². The summed E-state index contributed by atoms with van der Waals surface area (Å²) in [6, 6.07) is 16.2. The van der Waals surface area contributed by atoms with Crippen molar-refractivity contribution in [3.63, 3.8) is 0 Å². The first kappa shape index (κ1) is 25.6. The molecule has 4 aromatic heterocycles. The van der Waals surface area contributed by atoms with Gasteiger partial charge in [0.2, 0.25) is 6.04 Å². The molecule has 2 atom stereocenters. The van der Waals surface area contributed by atoms with Gasteiger partial charge in [-0.15, -0.1) is 0 Å². The third kappa shape index (κ3) is 4.68. The van der Waals surface area contributed by atoms with Crippen molar-refractivity contribution in [2.75, 3.05) is 25.2 Å². The number of aliphatic hydroxyl groups is 1. The number of hydrogen-bond acceptors (Lipinski definition) is 7. The van der Waals surface area contributed by atoms with Gasteiger partial charge in [0.05, 0.1) is 17.6 Å². The van der Waals surface area contributed by atoms with Crippen LogP contribution in [-0.4, -0.2) is 67.6 Å². The van der Waals surface area contributed by atoms with E-state index in [0.29, 0.717) is 30.3 Å². The smallest absolute Gasteiger partial charge is 0.275 e. The van der Waals surface area contributed by atoms with E-state index in [9.17, 15) is 9.90 Å². The molecule has 5 heterocycles. The number of imidazole rings is 1. The molecule has 1 aliphatic carbocycles. The summed E-state index contributed by atoms with van der Waals surface area (Å²) in [4.78, 5) is 24.8. The molecule has 0 spiro atoms. The van der Waals surface area contributed by atoms with Crippen LogP contribution >= 0.6 is 0 Å². The monoisotopic (exact) mass is 550 g/mol. The quantitative estimate of drug-likeness (QED) is 0.297. The highest BCUT2D eigenvalue weighted by Crippen LogP contribution is 2.35. The van der Waals surface area contributed by atoms with Crippen molar-refractivity contribution in [1.29, 1.82) is 0 Å². The van der Waals surface area contributed by atoms with Crippen LogP contribution in [0.5, 0.6) is 0 Å². The molecule has 10 nitrogen and oxygen atoms in total. The Hall–Kier alpha value is -4.41. The summed E-state index contributed by atoms with van der Waals surface area (Å²) in [5.41, 5.74) is 5.48. The van der Waals surface area contributed by atoms with Gasteiger partial charge in [-0.05, 0) is 36.6 Å². The van der Waals surface area contributed by atoms with Crippen LogP contribution in [0.15, 0.2) is 67.1 Å². The standard InChI is InChI=1S/C31H31N7O3/c1-36(18-20-6-3-2-4-7-20)26-16-25(35-38-27(17-33-30(26)38)31(40)34-24-9-10-28(24)39)23-19-37(21-11-14-41-15-12-21)29-22(23)8-5-13-32-29/h2-9,13,16-17,19,21,24,28,39H,10-12,14-15,18H2,1H3/p+1/t24-,28+/m0/s1. The first-order valence-electron chi connectivity index (χ1n) is 14.1. The van der Waals surface area contributed by atoms with Crippen LogP contribution in [0.1, 0.15) is 41.4 Å². The Kier molecular flexibility index (Phi) is 6.56. The zero-order chi connectivity index (χ0) is 27.9. The van der Waals surface area contributed by atoms with Gasteiger partial charge in [-0.25, -0.2) is 14.5 Å². The number of carbonyl (C=O) groups excluding carboxylic acids is 1. The van der Waals surface area contributed by atoms with Crippen LogP contribution in [0, 0.1) is 6.42 Å². The van der Waals surface area contributed by atoms with E-state index in [2.05, 4.69) is 44.2 Å². The van der Waals surface area contributed by atoms with Crippen molar-refractivity contribution in [2.45, 2.75) is 44.0 Å². The van der Waals surface area contributed by atoms with Crippen molar-refractivity contribution in [2.24, 2.45) is 0 Å². The van der Waals surface area contributed by atoms with Gasteiger partial charge in [-0.1, -0.05) is 30.3 Å². The molecule has 2 N–H and O–H groups in total.